The molecule has 0 unspecified atom stereocenters. The first-order valence-corrected chi connectivity index (χ1v) is 3.79. The van der Waals surface area contributed by atoms with Crippen LogP contribution in [0.1, 0.15) is 0 Å². The fourth-order valence-electron chi connectivity index (χ4n) is 0. The summed E-state index contributed by atoms with van der Waals surface area (Å²) in [6, 6.07) is 0. The number of rotatable bonds is 1. The van der Waals surface area contributed by atoms with E-state index in [1.165, 1.54) is 10.6 Å². The molecular formula is C2H6Se2. The monoisotopic (exact) mass is 190 g/mol. The van der Waals surface area contributed by atoms with Crippen molar-refractivity contribution in [1.82, 2.24) is 0 Å². The standard InChI is InChI=1S/C2H6Se2/c3-1-2-4/h3-4H,1-2H2. The summed E-state index contributed by atoms with van der Waals surface area (Å²) in [5, 5.41) is 2.46. The summed E-state index contributed by atoms with van der Waals surface area (Å²) < 4.78 is 0. The third-order valence-electron chi connectivity index (χ3n) is 0.1000. The van der Waals surface area contributed by atoms with E-state index in [-0.39, 0.29) is 0 Å². The Labute approximate surface area is 43.0 Å². The molecule has 0 bridgehead atoms. The topological polar surface area (TPSA) is 0 Å². The fourth-order valence-corrected chi connectivity index (χ4v) is 0. The molecule has 26 valence electrons. The van der Waals surface area contributed by atoms with E-state index >= 15 is 0 Å². The third-order valence-corrected chi connectivity index (χ3v) is 2.70. The van der Waals surface area contributed by atoms with E-state index in [0.717, 1.165) is 0 Å². The van der Waals surface area contributed by atoms with Gasteiger partial charge in [-0.2, -0.15) is 0 Å². The molecular weight excluding hydrogens is 182 g/mol. The maximum absolute atomic E-state index is 2.52. The average Bonchev–Trinajstić information content (AvgIpc) is 1.37. The van der Waals surface area contributed by atoms with Crippen LogP contribution in [-0.4, -0.2) is 32.0 Å². The molecule has 0 spiro atoms. The first-order chi connectivity index (χ1) is 1.91. The van der Waals surface area contributed by atoms with Crippen LogP contribution < -0.4 is 0 Å². The van der Waals surface area contributed by atoms with Crippen LogP contribution in [0.15, 0.2) is 0 Å². The van der Waals surface area contributed by atoms with E-state index in [1.807, 2.05) is 0 Å². The van der Waals surface area contributed by atoms with Crippen LogP contribution in [-0.2, 0) is 0 Å². The molecule has 0 aliphatic carbocycles. The van der Waals surface area contributed by atoms with Crippen LogP contribution >= 0.6 is 0 Å². The van der Waals surface area contributed by atoms with Crippen molar-refractivity contribution in [2.24, 2.45) is 0 Å². The van der Waals surface area contributed by atoms with Gasteiger partial charge in [0.2, 0.25) is 0 Å². The van der Waals surface area contributed by atoms with Gasteiger partial charge in [0, 0.05) is 0 Å². The Hall–Kier alpha value is 1.04. The molecule has 0 atom stereocenters. The van der Waals surface area contributed by atoms with Gasteiger partial charge in [-0.15, -0.1) is 0 Å². The van der Waals surface area contributed by atoms with Crippen LogP contribution in [0.3, 0.4) is 0 Å². The first kappa shape index (κ1) is 5.04. The summed E-state index contributed by atoms with van der Waals surface area (Å²) in [5.74, 6) is 0. The molecule has 2 heteroatoms. The van der Waals surface area contributed by atoms with Crippen molar-refractivity contribution in [3.63, 3.8) is 0 Å². The zero-order valence-corrected chi connectivity index (χ0v) is 6.06. The second-order valence-corrected chi connectivity index (χ2v) is 2.32. The predicted molar refractivity (Wildman–Crippen MR) is 23.9 cm³/mol. The summed E-state index contributed by atoms with van der Waals surface area (Å²) in [6.07, 6.45) is 0. The van der Waals surface area contributed by atoms with Crippen LogP contribution in [0.5, 0.6) is 0 Å². The van der Waals surface area contributed by atoms with Crippen molar-refractivity contribution < 1.29 is 0 Å². The summed E-state index contributed by atoms with van der Waals surface area (Å²) in [7, 11) is 0. The van der Waals surface area contributed by atoms with E-state index < -0.39 is 0 Å². The van der Waals surface area contributed by atoms with Gasteiger partial charge < -0.3 is 0 Å². The second kappa shape index (κ2) is 4.04. The van der Waals surface area contributed by atoms with Crippen molar-refractivity contribution in [3.8, 4) is 0 Å². The molecule has 0 fully saturated rings. The van der Waals surface area contributed by atoms with Crippen LogP contribution in [0.2, 0.25) is 10.6 Å². The SMILES string of the molecule is [SeH]CC[SeH]. The molecule has 0 aromatic carbocycles. The van der Waals surface area contributed by atoms with Crippen LogP contribution in [0.4, 0.5) is 0 Å². The van der Waals surface area contributed by atoms with E-state index in [9.17, 15) is 0 Å². The molecule has 0 saturated carbocycles. The quantitative estimate of drug-likeness (QED) is 0.492. The average molecular weight is 188 g/mol. The molecule has 0 heterocycles. The molecule has 0 aliphatic rings. The van der Waals surface area contributed by atoms with Crippen molar-refractivity contribution in [2.45, 2.75) is 10.6 Å². The number of hydrogen-bond donors (Lipinski definition) is 0. The normalized spacial score (nSPS) is 7.50. The summed E-state index contributed by atoms with van der Waals surface area (Å²) >= 11 is 5.04. The van der Waals surface area contributed by atoms with Gasteiger partial charge in [-0.3, -0.25) is 0 Å². The Morgan fingerprint density at radius 3 is 1.25 bits per heavy atom. The minimum atomic E-state index is 1.23. The van der Waals surface area contributed by atoms with Gasteiger partial charge in [0.1, 0.15) is 0 Å². The molecule has 0 saturated heterocycles. The zero-order valence-electron chi connectivity index (χ0n) is 2.31. The van der Waals surface area contributed by atoms with Gasteiger partial charge >= 0.3 is 42.7 Å². The molecule has 0 amide bonds. The summed E-state index contributed by atoms with van der Waals surface area (Å²) in [5.41, 5.74) is 0. The second-order valence-electron chi connectivity index (χ2n) is 0.447. The third kappa shape index (κ3) is 3.04. The zero-order chi connectivity index (χ0) is 3.41. The molecule has 0 aromatic heterocycles. The van der Waals surface area contributed by atoms with Crippen LogP contribution in [0.25, 0.3) is 0 Å². The van der Waals surface area contributed by atoms with Crippen molar-refractivity contribution in [1.29, 1.82) is 0 Å². The minimum absolute atomic E-state index is 1.23. The van der Waals surface area contributed by atoms with E-state index in [1.54, 1.807) is 0 Å². The summed E-state index contributed by atoms with van der Waals surface area (Å²) in [4.78, 5) is 0. The van der Waals surface area contributed by atoms with Gasteiger partial charge in [0.05, 0.1) is 0 Å². The molecule has 0 rings (SSSR count). The van der Waals surface area contributed by atoms with Crippen LogP contribution in [0, 0.1) is 0 Å². The Balaban J connectivity index is 1.97. The molecule has 0 radical (unpaired) electrons. The van der Waals surface area contributed by atoms with Gasteiger partial charge in [0.25, 0.3) is 0 Å². The van der Waals surface area contributed by atoms with Gasteiger partial charge in [-0.25, -0.2) is 0 Å². The Morgan fingerprint density at radius 1 is 1.00 bits per heavy atom. The van der Waals surface area contributed by atoms with Crippen molar-refractivity contribution in [2.75, 3.05) is 0 Å². The van der Waals surface area contributed by atoms with Crippen molar-refractivity contribution >= 4 is 32.0 Å². The van der Waals surface area contributed by atoms with Gasteiger partial charge in [-0.05, 0) is 0 Å². The molecule has 0 aromatic rings. The fraction of sp³-hybridized carbons (Fsp3) is 1.00. The first-order valence-electron chi connectivity index (χ1n) is 1.13. The molecule has 0 N–H and O–H groups in total. The van der Waals surface area contributed by atoms with Gasteiger partial charge in [0.15, 0.2) is 0 Å². The Morgan fingerprint density at radius 2 is 1.25 bits per heavy atom. The molecule has 0 aliphatic heterocycles. The van der Waals surface area contributed by atoms with E-state index in [2.05, 4.69) is 32.0 Å². The Kier molecular flexibility index (Phi) is 5.09. The van der Waals surface area contributed by atoms with E-state index in [0.29, 0.717) is 0 Å². The number of hydrogen-bond acceptors (Lipinski definition) is 0. The van der Waals surface area contributed by atoms with E-state index in [4.69, 9.17) is 0 Å². The van der Waals surface area contributed by atoms with Gasteiger partial charge in [-0.1, -0.05) is 0 Å². The maximum atomic E-state index is 2.52. The predicted octanol–water partition coefficient (Wildman–Crippen LogP) is -0.375. The van der Waals surface area contributed by atoms with Crippen molar-refractivity contribution in [3.05, 3.63) is 0 Å². The Bertz CT molecular complexity index is 6.00. The summed E-state index contributed by atoms with van der Waals surface area (Å²) in [6.45, 7) is 0. The molecule has 4 heavy (non-hydrogen) atoms. The molecule has 0 nitrogen and oxygen atoms in total.